The van der Waals surface area contributed by atoms with E-state index in [1.54, 1.807) is 0 Å². The standard InChI is InChI=1S/C15H29/c1-14(2,3)10-12-8-7-9-13(12)11-15(4,5)6/h12H,7-11H2,1-6H3. The van der Waals surface area contributed by atoms with Crippen molar-refractivity contribution in [3.05, 3.63) is 5.92 Å². The average molecular weight is 209 g/mol. The molecule has 1 aliphatic rings. The summed E-state index contributed by atoms with van der Waals surface area (Å²) in [4.78, 5) is 0. The first kappa shape index (κ1) is 13.1. The van der Waals surface area contributed by atoms with E-state index in [9.17, 15) is 0 Å². The molecule has 0 aromatic heterocycles. The minimum Gasteiger partial charge on any atom is -0.0602 e. The van der Waals surface area contributed by atoms with Gasteiger partial charge in [-0.25, -0.2) is 0 Å². The lowest BCUT2D eigenvalue weighted by atomic mass is 9.74. The number of hydrogen-bond donors (Lipinski definition) is 0. The summed E-state index contributed by atoms with van der Waals surface area (Å²) in [6.45, 7) is 14.2. The van der Waals surface area contributed by atoms with Gasteiger partial charge in [0.25, 0.3) is 0 Å². The zero-order chi connectivity index (χ0) is 11.7. The summed E-state index contributed by atoms with van der Waals surface area (Å²) < 4.78 is 0. The first-order valence-electron chi connectivity index (χ1n) is 6.52. The van der Waals surface area contributed by atoms with Crippen LogP contribution in [0.15, 0.2) is 0 Å². The Morgan fingerprint density at radius 1 is 1.00 bits per heavy atom. The Hall–Kier alpha value is 0. The molecule has 1 aliphatic carbocycles. The van der Waals surface area contributed by atoms with Crippen molar-refractivity contribution in [3.63, 3.8) is 0 Å². The minimum atomic E-state index is 0.482. The van der Waals surface area contributed by atoms with Gasteiger partial charge in [-0.1, -0.05) is 48.0 Å². The molecule has 0 spiro atoms. The summed E-state index contributed by atoms with van der Waals surface area (Å²) >= 11 is 0. The van der Waals surface area contributed by atoms with Gasteiger partial charge in [-0.15, -0.1) is 0 Å². The van der Waals surface area contributed by atoms with Gasteiger partial charge in [0.15, 0.2) is 0 Å². The lowest BCUT2D eigenvalue weighted by molar-refractivity contribution is 0.280. The second-order valence-electron chi connectivity index (χ2n) is 7.75. The predicted molar refractivity (Wildman–Crippen MR) is 68.7 cm³/mol. The van der Waals surface area contributed by atoms with E-state index in [0.29, 0.717) is 10.8 Å². The van der Waals surface area contributed by atoms with Crippen molar-refractivity contribution in [2.45, 2.75) is 73.6 Å². The third kappa shape index (κ3) is 5.04. The monoisotopic (exact) mass is 209 g/mol. The summed E-state index contributed by atoms with van der Waals surface area (Å²) in [5, 5.41) is 0. The van der Waals surface area contributed by atoms with Crippen LogP contribution in [0.1, 0.15) is 73.6 Å². The van der Waals surface area contributed by atoms with E-state index in [4.69, 9.17) is 0 Å². The van der Waals surface area contributed by atoms with E-state index >= 15 is 0 Å². The van der Waals surface area contributed by atoms with Crippen molar-refractivity contribution >= 4 is 0 Å². The molecule has 0 nitrogen and oxygen atoms in total. The van der Waals surface area contributed by atoms with Crippen LogP contribution in [0.25, 0.3) is 0 Å². The molecule has 1 radical (unpaired) electrons. The van der Waals surface area contributed by atoms with Crippen LogP contribution in [0.4, 0.5) is 0 Å². The highest BCUT2D eigenvalue weighted by Crippen LogP contribution is 2.45. The summed E-state index contributed by atoms with van der Waals surface area (Å²) in [6, 6.07) is 0. The second kappa shape index (κ2) is 4.47. The fraction of sp³-hybridized carbons (Fsp3) is 0.933. The molecule has 1 fully saturated rings. The first-order chi connectivity index (χ1) is 6.67. The molecule has 0 aromatic carbocycles. The molecule has 15 heavy (non-hydrogen) atoms. The molecule has 0 aliphatic heterocycles. The van der Waals surface area contributed by atoms with Crippen molar-refractivity contribution in [2.75, 3.05) is 0 Å². The van der Waals surface area contributed by atoms with Gasteiger partial charge < -0.3 is 0 Å². The van der Waals surface area contributed by atoms with E-state index < -0.39 is 0 Å². The van der Waals surface area contributed by atoms with Crippen LogP contribution < -0.4 is 0 Å². The molecule has 0 amide bonds. The maximum atomic E-state index is 2.38. The van der Waals surface area contributed by atoms with Gasteiger partial charge in [0.1, 0.15) is 0 Å². The van der Waals surface area contributed by atoms with Gasteiger partial charge in [-0.3, -0.25) is 0 Å². The normalized spacial score (nSPS) is 24.8. The van der Waals surface area contributed by atoms with Crippen molar-refractivity contribution in [3.8, 4) is 0 Å². The van der Waals surface area contributed by atoms with E-state index in [1.807, 2.05) is 5.92 Å². The summed E-state index contributed by atoms with van der Waals surface area (Å²) in [6.07, 6.45) is 7.01. The molecule has 1 unspecified atom stereocenters. The van der Waals surface area contributed by atoms with E-state index in [1.165, 1.54) is 32.1 Å². The maximum absolute atomic E-state index is 2.38. The molecule has 0 saturated heterocycles. The molecule has 1 atom stereocenters. The van der Waals surface area contributed by atoms with Crippen LogP contribution in [0.2, 0.25) is 0 Å². The number of hydrogen-bond acceptors (Lipinski definition) is 0. The molecular formula is C15H29. The maximum Gasteiger partial charge on any atom is -0.0205 e. The third-order valence-electron chi connectivity index (χ3n) is 3.24. The minimum absolute atomic E-state index is 0.482. The molecule has 0 heterocycles. The van der Waals surface area contributed by atoms with Crippen LogP contribution >= 0.6 is 0 Å². The Labute approximate surface area is 96.8 Å². The summed E-state index contributed by atoms with van der Waals surface area (Å²) in [5.74, 6) is 2.78. The molecule has 0 heteroatoms. The lowest BCUT2D eigenvalue weighted by Gasteiger charge is -2.31. The first-order valence-corrected chi connectivity index (χ1v) is 6.52. The van der Waals surface area contributed by atoms with Crippen LogP contribution in [0.5, 0.6) is 0 Å². The Bertz CT molecular complexity index is 167. The fourth-order valence-corrected chi connectivity index (χ4v) is 2.88. The largest absolute Gasteiger partial charge is 0.0602 e. The van der Waals surface area contributed by atoms with E-state index in [2.05, 4.69) is 41.5 Å². The third-order valence-corrected chi connectivity index (χ3v) is 3.24. The van der Waals surface area contributed by atoms with Crippen molar-refractivity contribution in [2.24, 2.45) is 16.7 Å². The molecule has 0 aromatic rings. The van der Waals surface area contributed by atoms with Crippen molar-refractivity contribution in [1.82, 2.24) is 0 Å². The zero-order valence-electron chi connectivity index (χ0n) is 11.6. The molecule has 1 saturated carbocycles. The molecular weight excluding hydrogens is 180 g/mol. The SMILES string of the molecule is CC(C)(C)C[C]1CCCC1CC(C)(C)C. The smallest absolute Gasteiger partial charge is 0.0205 e. The van der Waals surface area contributed by atoms with Crippen LogP contribution in [0, 0.1) is 22.7 Å². The van der Waals surface area contributed by atoms with Crippen molar-refractivity contribution < 1.29 is 0 Å². The van der Waals surface area contributed by atoms with Crippen molar-refractivity contribution in [1.29, 1.82) is 0 Å². The Morgan fingerprint density at radius 3 is 2.07 bits per heavy atom. The van der Waals surface area contributed by atoms with Crippen LogP contribution in [0.3, 0.4) is 0 Å². The Morgan fingerprint density at radius 2 is 1.60 bits per heavy atom. The second-order valence-corrected chi connectivity index (χ2v) is 7.75. The van der Waals surface area contributed by atoms with Gasteiger partial charge in [-0.05, 0) is 48.3 Å². The molecule has 89 valence electrons. The Kier molecular flexibility index (Phi) is 3.90. The van der Waals surface area contributed by atoms with Crippen LogP contribution in [-0.2, 0) is 0 Å². The van der Waals surface area contributed by atoms with Gasteiger partial charge in [0.2, 0.25) is 0 Å². The van der Waals surface area contributed by atoms with Crippen LogP contribution in [-0.4, -0.2) is 0 Å². The lowest BCUT2D eigenvalue weighted by Crippen LogP contribution is -2.19. The quantitative estimate of drug-likeness (QED) is 0.584. The highest BCUT2D eigenvalue weighted by Gasteiger charge is 2.33. The summed E-state index contributed by atoms with van der Waals surface area (Å²) in [7, 11) is 0. The summed E-state index contributed by atoms with van der Waals surface area (Å²) in [5.41, 5.74) is 0.980. The zero-order valence-corrected chi connectivity index (χ0v) is 11.6. The van der Waals surface area contributed by atoms with Gasteiger partial charge in [-0.2, -0.15) is 0 Å². The molecule has 0 bridgehead atoms. The van der Waals surface area contributed by atoms with E-state index in [-0.39, 0.29) is 0 Å². The fourth-order valence-electron chi connectivity index (χ4n) is 2.88. The predicted octanol–water partition coefficient (Wildman–Crippen LogP) is 5.23. The highest BCUT2D eigenvalue weighted by atomic mass is 14.4. The number of rotatable bonds is 2. The topological polar surface area (TPSA) is 0 Å². The average Bonchev–Trinajstić information content (AvgIpc) is 2.29. The van der Waals surface area contributed by atoms with Gasteiger partial charge in [0, 0.05) is 0 Å². The van der Waals surface area contributed by atoms with Gasteiger partial charge >= 0.3 is 0 Å². The van der Waals surface area contributed by atoms with Gasteiger partial charge in [0.05, 0.1) is 0 Å². The Balaban J connectivity index is 2.50. The highest BCUT2D eigenvalue weighted by molar-refractivity contribution is 5.04. The molecule has 0 N–H and O–H groups in total. The molecule has 1 rings (SSSR count). The van der Waals surface area contributed by atoms with E-state index in [0.717, 1.165) is 5.92 Å².